The van der Waals surface area contributed by atoms with E-state index in [-0.39, 0.29) is 23.5 Å². The fourth-order valence-corrected chi connectivity index (χ4v) is 4.67. The quantitative estimate of drug-likeness (QED) is 0.636. The largest absolute Gasteiger partial charge is 0.478 e. The Morgan fingerprint density at radius 1 is 1.09 bits per heavy atom. The number of fused-ring (bicyclic) bond motifs is 1. The van der Waals surface area contributed by atoms with Crippen LogP contribution in [0.2, 0.25) is 0 Å². The van der Waals surface area contributed by atoms with Crippen molar-refractivity contribution in [3.8, 4) is 5.88 Å². The van der Waals surface area contributed by atoms with Crippen molar-refractivity contribution >= 4 is 22.7 Å². The maximum atomic E-state index is 13.3. The lowest BCUT2D eigenvalue weighted by molar-refractivity contribution is 0.0696. The fourth-order valence-electron chi connectivity index (χ4n) is 4.67. The predicted octanol–water partition coefficient (Wildman–Crippen LogP) is 4.22. The number of hydrogen-bond donors (Lipinski definition) is 1. The summed E-state index contributed by atoms with van der Waals surface area (Å²) in [6.45, 7) is 1.88. The van der Waals surface area contributed by atoms with E-state index < -0.39 is 5.97 Å². The molecule has 168 valence electrons. The standard InChI is InChI=1S/C23H26FN5O3/c24-16-13-26-29(14-16)17-4-6-18(7-5-17)32-22-19-10-15(23(30)31)12-25-20(19)11-21(27-22)28-8-2-1-3-9-28/h10-14,17-18H,1-9H2,(H,30,31)/t17-,18+. The summed E-state index contributed by atoms with van der Waals surface area (Å²) in [5, 5.41) is 14.1. The summed E-state index contributed by atoms with van der Waals surface area (Å²) in [5.74, 6) is -0.0940. The Morgan fingerprint density at radius 2 is 1.88 bits per heavy atom. The monoisotopic (exact) mass is 439 g/mol. The Hall–Kier alpha value is -3.23. The number of carboxylic acid groups (broad SMARTS) is 1. The first-order chi connectivity index (χ1) is 15.6. The molecule has 0 spiro atoms. The minimum atomic E-state index is -1.03. The van der Waals surface area contributed by atoms with Crippen LogP contribution in [0, 0.1) is 5.82 Å². The van der Waals surface area contributed by atoms with Crippen molar-refractivity contribution < 1.29 is 19.0 Å². The van der Waals surface area contributed by atoms with E-state index in [1.54, 1.807) is 10.7 Å². The van der Waals surface area contributed by atoms with E-state index in [9.17, 15) is 14.3 Å². The van der Waals surface area contributed by atoms with Gasteiger partial charge in [0.1, 0.15) is 11.9 Å². The van der Waals surface area contributed by atoms with Gasteiger partial charge in [-0.25, -0.2) is 9.18 Å². The molecular formula is C23H26FN5O3. The average molecular weight is 439 g/mol. The molecule has 1 N–H and O–H groups in total. The molecule has 3 aromatic rings. The van der Waals surface area contributed by atoms with Gasteiger partial charge in [-0.05, 0) is 51.0 Å². The maximum Gasteiger partial charge on any atom is 0.337 e. The molecule has 1 aliphatic heterocycles. The molecule has 2 aliphatic rings. The number of piperidine rings is 1. The van der Waals surface area contributed by atoms with Crippen LogP contribution in [0.4, 0.5) is 10.2 Å². The van der Waals surface area contributed by atoms with Gasteiger partial charge in [-0.3, -0.25) is 9.67 Å². The van der Waals surface area contributed by atoms with Crippen LogP contribution >= 0.6 is 0 Å². The highest BCUT2D eigenvalue weighted by Crippen LogP contribution is 2.34. The van der Waals surface area contributed by atoms with Crippen molar-refractivity contribution in [2.75, 3.05) is 18.0 Å². The van der Waals surface area contributed by atoms with Crippen LogP contribution in [0.25, 0.3) is 10.9 Å². The zero-order chi connectivity index (χ0) is 22.1. The molecule has 0 aromatic carbocycles. The Morgan fingerprint density at radius 3 is 2.56 bits per heavy atom. The number of carboxylic acids is 1. The molecule has 0 atom stereocenters. The number of pyridine rings is 2. The summed E-state index contributed by atoms with van der Waals surface area (Å²) in [6.07, 6.45) is 10.7. The first kappa shape index (κ1) is 20.7. The summed E-state index contributed by atoms with van der Waals surface area (Å²) in [6, 6.07) is 3.66. The Labute approximate surface area is 185 Å². The van der Waals surface area contributed by atoms with Gasteiger partial charge in [0.25, 0.3) is 0 Å². The van der Waals surface area contributed by atoms with E-state index >= 15 is 0 Å². The summed E-state index contributed by atoms with van der Waals surface area (Å²) in [4.78, 5) is 22.9. The van der Waals surface area contributed by atoms with E-state index in [0.717, 1.165) is 57.4 Å². The van der Waals surface area contributed by atoms with E-state index in [1.165, 1.54) is 25.0 Å². The zero-order valence-electron chi connectivity index (χ0n) is 17.8. The van der Waals surface area contributed by atoms with Gasteiger partial charge < -0.3 is 14.7 Å². The van der Waals surface area contributed by atoms with E-state index in [4.69, 9.17) is 9.72 Å². The lowest BCUT2D eigenvalue weighted by Gasteiger charge is -2.30. The number of anilines is 1. The highest BCUT2D eigenvalue weighted by atomic mass is 19.1. The van der Waals surface area contributed by atoms with Crippen LogP contribution in [-0.4, -0.2) is 50.0 Å². The second-order valence-corrected chi connectivity index (χ2v) is 8.62. The number of aromatic nitrogens is 4. The third-order valence-electron chi connectivity index (χ3n) is 6.42. The van der Waals surface area contributed by atoms with E-state index in [0.29, 0.717) is 16.8 Å². The molecule has 8 nitrogen and oxygen atoms in total. The van der Waals surface area contributed by atoms with Gasteiger partial charge in [-0.15, -0.1) is 0 Å². The second kappa shape index (κ2) is 8.72. The zero-order valence-corrected chi connectivity index (χ0v) is 17.8. The first-order valence-corrected chi connectivity index (χ1v) is 11.2. The molecule has 1 saturated carbocycles. The molecule has 0 amide bonds. The minimum absolute atomic E-state index is 0.0487. The van der Waals surface area contributed by atoms with Crippen molar-refractivity contribution in [2.24, 2.45) is 0 Å². The van der Waals surface area contributed by atoms with Gasteiger partial charge in [0, 0.05) is 25.4 Å². The highest BCUT2D eigenvalue weighted by molar-refractivity contribution is 5.94. The normalized spacial score (nSPS) is 21.6. The molecule has 32 heavy (non-hydrogen) atoms. The number of hydrogen-bond acceptors (Lipinski definition) is 6. The molecule has 9 heteroatoms. The van der Waals surface area contributed by atoms with Crippen molar-refractivity contribution in [3.63, 3.8) is 0 Å². The summed E-state index contributed by atoms with van der Waals surface area (Å²) >= 11 is 0. The van der Waals surface area contributed by atoms with Crippen LogP contribution in [0.3, 0.4) is 0 Å². The molecule has 1 saturated heterocycles. The summed E-state index contributed by atoms with van der Waals surface area (Å²) in [7, 11) is 0. The lowest BCUT2D eigenvalue weighted by Crippen LogP contribution is -2.30. The van der Waals surface area contributed by atoms with Gasteiger partial charge in [0.2, 0.25) is 5.88 Å². The predicted molar refractivity (Wildman–Crippen MR) is 117 cm³/mol. The topological polar surface area (TPSA) is 93.4 Å². The molecule has 5 rings (SSSR count). The van der Waals surface area contributed by atoms with Crippen molar-refractivity contribution in [1.29, 1.82) is 0 Å². The molecule has 1 aliphatic carbocycles. The van der Waals surface area contributed by atoms with E-state index in [2.05, 4.69) is 15.0 Å². The first-order valence-electron chi connectivity index (χ1n) is 11.2. The highest BCUT2D eigenvalue weighted by Gasteiger charge is 2.26. The summed E-state index contributed by atoms with van der Waals surface area (Å²) in [5.41, 5.74) is 0.792. The van der Waals surface area contributed by atoms with Crippen LogP contribution in [0.15, 0.2) is 30.7 Å². The van der Waals surface area contributed by atoms with Crippen LogP contribution < -0.4 is 9.64 Å². The number of halogens is 1. The number of carbonyl (C=O) groups is 1. The van der Waals surface area contributed by atoms with Gasteiger partial charge in [-0.1, -0.05) is 0 Å². The maximum absolute atomic E-state index is 13.3. The average Bonchev–Trinajstić information content (AvgIpc) is 3.26. The molecule has 4 heterocycles. The van der Waals surface area contributed by atoms with Crippen LogP contribution in [0.1, 0.15) is 61.3 Å². The van der Waals surface area contributed by atoms with Crippen molar-refractivity contribution in [1.82, 2.24) is 19.7 Å². The number of rotatable bonds is 5. The minimum Gasteiger partial charge on any atom is -0.478 e. The van der Waals surface area contributed by atoms with Crippen LogP contribution in [-0.2, 0) is 0 Å². The van der Waals surface area contributed by atoms with Gasteiger partial charge in [0.05, 0.1) is 34.9 Å². The van der Waals surface area contributed by atoms with Crippen molar-refractivity contribution in [3.05, 3.63) is 42.1 Å². The third-order valence-corrected chi connectivity index (χ3v) is 6.42. The van der Waals surface area contributed by atoms with Gasteiger partial charge in [0.15, 0.2) is 5.82 Å². The van der Waals surface area contributed by atoms with Gasteiger partial charge >= 0.3 is 5.97 Å². The number of ether oxygens (including phenoxy) is 1. The Balaban J connectivity index is 1.40. The molecule has 0 unspecified atom stereocenters. The second-order valence-electron chi connectivity index (χ2n) is 8.62. The molecule has 3 aromatic heterocycles. The molecule has 2 fully saturated rings. The SMILES string of the molecule is O=C(O)c1cnc2cc(N3CCCCC3)nc(O[C@H]3CC[C@@H](n4cc(F)cn4)CC3)c2c1. The number of aromatic carboxylic acids is 1. The number of nitrogens with zero attached hydrogens (tertiary/aromatic N) is 5. The Bertz CT molecular complexity index is 1120. The van der Waals surface area contributed by atoms with Crippen molar-refractivity contribution in [2.45, 2.75) is 57.1 Å². The summed E-state index contributed by atoms with van der Waals surface area (Å²) < 4.78 is 21.4. The van der Waals surface area contributed by atoms with Gasteiger partial charge in [-0.2, -0.15) is 10.1 Å². The molecular weight excluding hydrogens is 413 g/mol. The fraction of sp³-hybridized carbons (Fsp3) is 0.478. The Kier molecular flexibility index (Phi) is 5.63. The molecule has 0 radical (unpaired) electrons. The molecule has 0 bridgehead atoms. The van der Waals surface area contributed by atoms with Crippen LogP contribution in [0.5, 0.6) is 5.88 Å². The third kappa shape index (κ3) is 4.24. The van der Waals surface area contributed by atoms with E-state index in [1.807, 2.05) is 6.07 Å². The lowest BCUT2D eigenvalue weighted by atomic mass is 9.93. The smallest absolute Gasteiger partial charge is 0.337 e.